The predicted octanol–water partition coefficient (Wildman–Crippen LogP) is 0.847. The minimum absolute atomic E-state index is 0.455. The van der Waals surface area contributed by atoms with Gasteiger partial charge in [0.1, 0.15) is 11.8 Å². The third-order valence-electron chi connectivity index (χ3n) is 3.41. The first-order valence-corrected chi connectivity index (χ1v) is 7.71. The molecule has 0 amide bonds. The first-order chi connectivity index (χ1) is 9.34. The van der Waals surface area contributed by atoms with Crippen LogP contribution in [-0.4, -0.2) is 55.6 Å². The van der Waals surface area contributed by atoms with E-state index in [1.165, 1.54) is 30.9 Å². The highest BCUT2D eigenvalue weighted by molar-refractivity contribution is 7.99. The normalized spacial score (nSPS) is 17.1. The van der Waals surface area contributed by atoms with Crippen LogP contribution in [0, 0.1) is 0 Å². The Morgan fingerprint density at radius 3 is 2.84 bits per heavy atom. The number of anilines is 1. The van der Waals surface area contributed by atoms with Crippen molar-refractivity contribution in [3.05, 3.63) is 12.7 Å². The zero-order valence-electron chi connectivity index (χ0n) is 10.8. The van der Waals surface area contributed by atoms with E-state index in [4.69, 9.17) is 5.73 Å². The van der Waals surface area contributed by atoms with Gasteiger partial charge >= 0.3 is 0 Å². The first kappa shape index (κ1) is 12.7. The van der Waals surface area contributed by atoms with Crippen LogP contribution >= 0.6 is 11.8 Å². The Labute approximate surface area is 116 Å². The molecule has 0 saturated carbocycles. The lowest BCUT2D eigenvalue weighted by molar-refractivity contribution is 0.292. The number of fused-ring (bicyclic) bond motifs is 1. The number of aryl methyl sites for hydroxylation is 1. The highest BCUT2D eigenvalue weighted by Gasteiger charge is 2.11. The summed E-state index contributed by atoms with van der Waals surface area (Å²) >= 11 is 2.05. The van der Waals surface area contributed by atoms with Gasteiger partial charge in [0.15, 0.2) is 11.5 Å². The summed E-state index contributed by atoms with van der Waals surface area (Å²) in [7, 11) is 0. The predicted molar refractivity (Wildman–Crippen MR) is 78.1 cm³/mol. The van der Waals surface area contributed by atoms with Gasteiger partial charge in [0, 0.05) is 31.1 Å². The number of hydrogen-bond donors (Lipinski definition) is 1. The van der Waals surface area contributed by atoms with E-state index in [0.717, 1.165) is 25.2 Å². The number of aromatic nitrogens is 4. The van der Waals surface area contributed by atoms with Crippen LogP contribution in [0.1, 0.15) is 6.42 Å². The van der Waals surface area contributed by atoms with Crippen molar-refractivity contribution in [2.45, 2.75) is 13.0 Å². The van der Waals surface area contributed by atoms with Gasteiger partial charge in [-0.05, 0) is 13.0 Å². The summed E-state index contributed by atoms with van der Waals surface area (Å²) < 4.78 is 2.06. The van der Waals surface area contributed by atoms with Crippen molar-refractivity contribution in [1.82, 2.24) is 24.4 Å². The number of imidazole rings is 1. The summed E-state index contributed by atoms with van der Waals surface area (Å²) in [6, 6.07) is 0. The summed E-state index contributed by atoms with van der Waals surface area (Å²) in [6.07, 6.45) is 4.42. The molecule has 2 aromatic heterocycles. The van der Waals surface area contributed by atoms with E-state index >= 15 is 0 Å². The molecular weight excluding hydrogens is 260 g/mol. The summed E-state index contributed by atoms with van der Waals surface area (Å²) in [5.41, 5.74) is 7.32. The molecule has 0 aromatic carbocycles. The molecular formula is C12H18N6S. The van der Waals surface area contributed by atoms with Crippen LogP contribution in [0.4, 0.5) is 5.82 Å². The highest BCUT2D eigenvalue weighted by atomic mass is 32.2. The second kappa shape index (κ2) is 5.75. The molecule has 2 aromatic rings. The van der Waals surface area contributed by atoms with Crippen molar-refractivity contribution in [3.8, 4) is 0 Å². The van der Waals surface area contributed by atoms with Crippen molar-refractivity contribution < 1.29 is 0 Å². The monoisotopic (exact) mass is 278 g/mol. The van der Waals surface area contributed by atoms with Gasteiger partial charge in [-0.25, -0.2) is 15.0 Å². The lowest BCUT2D eigenvalue weighted by Gasteiger charge is -2.25. The van der Waals surface area contributed by atoms with E-state index in [1.54, 1.807) is 0 Å². The van der Waals surface area contributed by atoms with Gasteiger partial charge < -0.3 is 15.2 Å². The lowest BCUT2D eigenvalue weighted by Crippen LogP contribution is -2.33. The Bertz CT molecular complexity index is 548. The molecule has 0 radical (unpaired) electrons. The van der Waals surface area contributed by atoms with Crippen molar-refractivity contribution in [3.63, 3.8) is 0 Å². The molecule has 0 atom stereocenters. The number of rotatable bonds is 4. The molecule has 7 heteroatoms. The molecule has 1 fully saturated rings. The van der Waals surface area contributed by atoms with E-state index in [9.17, 15) is 0 Å². The van der Waals surface area contributed by atoms with E-state index in [2.05, 4.69) is 24.4 Å². The fraction of sp³-hybridized carbons (Fsp3) is 0.583. The zero-order valence-corrected chi connectivity index (χ0v) is 11.6. The number of hydrogen-bond acceptors (Lipinski definition) is 6. The van der Waals surface area contributed by atoms with E-state index in [-0.39, 0.29) is 0 Å². The van der Waals surface area contributed by atoms with Gasteiger partial charge in [0.05, 0.1) is 6.33 Å². The number of thioether (sulfide) groups is 1. The summed E-state index contributed by atoms with van der Waals surface area (Å²) in [5.74, 6) is 2.98. The maximum atomic E-state index is 5.78. The minimum Gasteiger partial charge on any atom is -0.382 e. The van der Waals surface area contributed by atoms with Gasteiger partial charge in [0.2, 0.25) is 0 Å². The topological polar surface area (TPSA) is 72.9 Å². The van der Waals surface area contributed by atoms with Gasteiger partial charge in [0.25, 0.3) is 0 Å². The number of nitrogen functional groups attached to an aromatic ring is 1. The van der Waals surface area contributed by atoms with Crippen LogP contribution in [0.2, 0.25) is 0 Å². The van der Waals surface area contributed by atoms with E-state index in [1.807, 2.05) is 18.1 Å². The van der Waals surface area contributed by atoms with Gasteiger partial charge in [-0.3, -0.25) is 0 Å². The summed E-state index contributed by atoms with van der Waals surface area (Å²) in [5, 5.41) is 0. The molecule has 1 saturated heterocycles. The maximum Gasteiger partial charge on any atom is 0.165 e. The number of nitrogens with two attached hydrogens (primary N) is 1. The molecule has 0 bridgehead atoms. The fourth-order valence-corrected chi connectivity index (χ4v) is 3.33. The van der Waals surface area contributed by atoms with Gasteiger partial charge in [-0.15, -0.1) is 0 Å². The van der Waals surface area contributed by atoms with Crippen molar-refractivity contribution in [1.29, 1.82) is 0 Å². The summed E-state index contributed by atoms with van der Waals surface area (Å²) in [6.45, 7) is 4.49. The molecule has 1 aliphatic rings. The molecule has 1 aliphatic heterocycles. The van der Waals surface area contributed by atoms with Crippen LogP contribution in [0.15, 0.2) is 12.7 Å². The molecule has 3 heterocycles. The third-order valence-corrected chi connectivity index (χ3v) is 4.35. The van der Waals surface area contributed by atoms with Crippen LogP contribution in [0.25, 0.3) is 11.2 Å². The van der Waals surface area contributed by atoms with Gasteiger partial charge in [-0.2, -0.15) is 11.8 Å². The molecule has 102 valence electrons. The molecule has 6 nitrogen and oxygen atoms in total. The molecule has 0 unspecified atom stereocenters. The van der Waals surface area contributed by atoms with Crippen molar-refractivity contribution >= 4 is 28.7 Å². The van der Waals surface area contributed by atoms with Gasteiger partial charge in [-0.1, -0.05) is 0 Å². The second-order valence-corrected chi connectivity index (χ2v) is 5.90. The first-order valence-electron chi connectivity index (χ1n) is 6.56. The molecule has 2 N–H and O–H groups in total. The average molecular weight is 278 g/mol. The lowest BCUT2D eigenvalue weighted by atomic mass is 10.3. The second-order valence-electron chi connectivity index (χ2n) is 4.68. The largest absolute Gasteiger partial charge is 0.382 e. The molecule has 0 spiro atoms. The standard InChI is InChI=1S/C12H18N6S/c13-11-10-12(15-8-14-11)18(9-16-10)3-1-2-17-4-6-19-7-5-17/h8-9H,1-7H2,(H2,13,14,15). The molecule has 0 aliphatic carbocycles. The summed E-state index contributed by atoms with van der Waals surface area (Å²) in [4.78, 5) is 15.0. The smallest absolute Gasteiger partial charge is 0.165 e. The van der Waals surface area contributed by atoms with Crippen LogP contribution < -0.4 is 5.73 Å². The van der Waals surface area contributed by atoms with Crippen LogP contribution in [0.5, 0.6) is 0 Å². The highest BCUT2D eigenvalue weighted by Crippen LogP contribution is 2.15. The fourth-order valence-electron chi connectivity index (χ4n) is 2.35. The minimum atomic E-state index is 0.455. The Morgan fingerprint density at radius 2 is 2.00 bits per heavy atom. The van der Waals surface area contributed by atoms with Crippen molar-refractivity contribution in [2.24, 2.45) is 0 Å². The molecule has 3 rings (SSSR count). The van der Waals surface area contributed by atoms with Crippen LogP contribution in [-0.2, 0) is 6.54 Å². The van der Waals surface area contributed by atoms with Crippen molar-refractivity contribution in [2.75, 3.05) is 36.9 Å². The Hall–Kier alpha value is -1.34. The number of nitrogens with zero attached hydrogens (tertiary/aromatic N) is 5. The molecule has 19 heavy (non-hydrogen) atoms. The quantitative estimate of drug-likeness (QED) is 0.894. The Kier molecular flexibility index (Phi) is 3.84. The van der Waals surface area contributed by atoms with E-state index in [0.29, 0.717) is 11.3 Å². The van der Waals surface area contributed by atoms with Crippen LogP contribution in [0.3, 0.4) is 0 Å². The SMILES string of the molecule is Nc1ncnc2c1ncn2CCCN1CCSCC1. The van der Waals surface area contributed by atoms with E-state index < -0.39 is 0 Å². The zero-order chi connectivity index (χ0) is 13.1. The average Bonchev–Trinajstić information content (AvgIpc) is 2.85. The third kappa shape index (κ3) is 2.82. The maximum absolute atomic E-state index is 5.78. The Balaban J connectivity index is 1.60. The Morgan fingerprint density at radius 1 is 1.16 bits per heavy atom.